The fourth-order valence-corrected chi connectivity index (χ4v) is 2.92. The molecule has 3 aliphatic rings. The summed E-state index contributed by atoms with van der Waals surface area (Å²) in [6, 6.07) is 0. The summed E-state index contributed by atoms with van der Waals surface area (Å²) in [5.74, 6) is -0.188. The van der Waals surface area contributed by atoms with Gasteiger partial charge in [0.05, 0.1) is 10.8 Å². The maximum absolute atomic E-state index is 12.4. The van der Waals surface area contributed by atoms with Crippen molar-refractivity contribution in [2.75, 3.05) is 5.32 Å². The van der Waals surface area contributed by atoms with Crippen molar-refractivity contribution in [3.05, 3.63) is 65.0 Å². The lowest BCUT2D eigenvalue weighted by Crippen LogP contribution is -2.30. The first kappa shape index (κ1) is 19.2. The van der Waals surface area contributed by atoms with E-state index in [4.69, 9.17) is 0 Å². The number of rotatable bonds is 0. The molecule has 1 aromatic rings. The van der Waals surface area contributed by atoms with Crippen LogP contribution in [0.15, 0.2) is 74.3 Å². The summed E-state index contributed by atoms with van der Waals surface area (Å²) in [6.07, 6.45) is 17.6. The molecule has 9 nitrogen and oxygen atoms in total. The maximum atomic E-state index is 12.4. The van der Waals surface area contributed by atoms with Crippen molar-refractivity contribution < 1.29 is 9.59 Å². The Morgan fingerprint density at radius 3 is 2.93 bits per heavy atom. The molecule has 1 aliphatic carbocycles. The molecule has 1 N–H and O–H groups in total. The van der Waals surface area contributed by atoms with Crippen LogP contribution in [0.3, 0.4) is 0 Å². The zero-order valence-corrected chi connectivity index (χ0v) is 15.9. The van der Waals surface area contributed by atoms with Gasteiger partial charge in [0.1, 0.15) is 12.1 Å². The molecule has 2 amide bonds. The number of hydrogen-bond acceptors (Lipinski definition) is 7. The first-order valence-electron chi connectivity index (χ1n) is 9.29. The van der Waals surface area contributed by atoms with Crippen LogP contribution in [0.25, 0.3) is 5.57 Å². The molecule has 0 spiro atoms. The van der Waals surface area contributed by atoms with Gasteiger partial charge in [0.25, 0.3) is 5.91 Å². The lowest BCUT2D eigenvalue weighted by atomic mass is 10.1. The van der Waals surface area contributed by atoms with Gasteiger partial charge in [-0.1, -0.05) is 12.2 Å². The third kappa shape index (κ3) is 4.46. The largest absolute Gasteiger partial charge is 0.306 e. The Hall–Kier alpha value is -4.14. The van der Waals surface area contributed by atoms with Crippen molar-refractivity contribution in [3.8, 4) is 0 Å². The van der Waals surface area contributed by atoms with E-state index < -0.39 is 0 Å². The highest BCUT2D eigenvalue weighted by atomic mass is 16.2. The molecule has 3 heterocycles. The monoisotopic (exact) mass is 399 g/mol. The summed E-state index contributed by atoms with van der Waals surface area (Å²) in [4.78, 5) is 49.3. The highest BCUT2D eigenvalue weighted by molar-refractivity contribution is 6.40. The summed E-state index contributed by atoms with van der Waals surface area (Å²) in [5, 5.41) is 3.18. The molecule has 4 rings (SSSR count). The average molecular weight is 399 g/mol. The molecule has 0 unspecified atom stereocenters. The Kier molecular flexibility index (Phi) is 5.70. The van der Waals surface area contributed by atoms with E-state index in [0.29, 0.717) is 34.9 Å². The summed E-state index contributed by atoms with van der Waals surface area (Å²) < 4.78 is 0. The number of nitrogens with one attached hydrogen (secondary N) is 1. The lowest BCUT2D eigenvalue weighted by Gasteiger charge is -2.06. The Morgan fingerprint density at radius 1 is 1.07 bits per heavy atom. The lowest BCUT2D eigenvalue weighted by molar-refractivity contribution is -0.117. The predicted octanol–water partition coefficient (Wildman–Crippen LogP) is 0.973. The van der Waals surface area contributed by atoms with Gasteiger partial charge >= 0.3 is 0 Å². The van der Waals surface area contributed by atoms with Gasteiger partial charge in [0, 0.05) is 49.6 Å². The van der Waals surface area contributed by atoms with E-state index in [0.717, 1.165) is 11.3 Å². The third-order valence-corrected chi connectivity index (χ3v) is 4.34. The number of anilines is 1. The van der Waals surface area contributed by atoms with Gasteiger partial charge in [-0.25, -0.2) is 20.0 Å². The number of allylic oxidation sites excluding steroid dienone is 5. The summed E-state index contributed by atoms with van der Waals surface area (Å²) >= 11 is 0. The SMILES string of the molecule is O=C1CCC=NC=C2C=CC=C(C2)N=CC2=c3c(ncnc3=NC=CC=N1)NC2=O. The van der Waals surface area contributed by atoms with Crippen LogP contribution in [0.2, 0.25) is 0 Å². The van der Waals surface area contributed by atoms with E-state index in [2.05, 4.69) is 35.3 Å². The Labute approximate surface area is 171 Å². The highest BCUT2D eigenvalue weighted by Crippen LogP contribution is 2.19. The van der Waals surface area contributed by atoms with E-state index >= 15 is 0 Å². The van der Waals surface area contributed by atoms with Crippen molar-refractivity contribution in [1.82, 2.24) is 9.97 Å². The van der Waals surface area contributed by atoms with Crippen molar-refractivity contribution in [3.63, 3.8) is 0 Å². The second-order valence-electron chi connectivity index (χ2n) is 6.46. The standard InChI is InChI=1S/C21H17N7O2/c29-17-6-2-7-22-11-14-4-1-5-15(10-14)25-12-16-18-19(24-9-3-8-23-17)26-13-27-20(18)28-21(16)30/h1,3-5,7-9,11-13H,2,6,10H2,(H,24,26,27,28,30). The van der Waals surface area contributed by atoms with Crippen LogP contribution in [-0.2, 0) is 9.59 Å². The number of hydrogen-bond donors (Lipinski definition) is 1. The molecule has 0 atom stereocenters. The summed E-state index contributed by atoms with van der Waals surface area (Å²) in [6.45, 7) is 0. The quantitative estimate of drug-likeness (QED) is 0.699. The molecular weight excluding hydrogens is 382 g/mol. The van der Waals surface area contributed by atoms with Crippen LogP contribution in [0.4, 0.5) is 5.82 Å². The van der Waals surface area contributed by atoms with Gasteiger partial charge in [-0.2, -0.15) is 0 Å². The van der Waals surface area contributed by atoms with Gasteiger partial charge in [-0.15, -0.1) is 0 Å². The molecule has 2 aliphatic heterocycles. The molecular formula is C21H17N7O2. The van der Waals surface area contributed by atoms with Gasteiger partial charge in [-0.3, -0.25) is 19.6 Å². The fourth-order valence-electron chi connectivity index (χ4n) is 2.92. The summed E-state index contributed by atoms with van der Waals surface area (Å²) in [7, 11) is 0. The first-order chi connectivity index (χ1) is 14.7. The number of carbonyl (C=O) groups is 2. The van der Waals surface area contributed by atoms with Crippen LogP contribution >= 0.6 is 0 Å². The van der Waals surface area contributed by atoms with E-state index in [1.54, 1.807) is 12.4 Å². The molecule has 0 saturated heterocycles. The molecule has 0 aromatic carbocycles. The average Bonchev–Trinajstić information content (AvgIpc) is 3.07. The number of amides is 2. The number of carbonyl (C=O) groups excluding carboxylic acids is 2. The van der Waals surface area contributed by atoms with Crippen LogP contribution in [0.5, 0.6) is 0 Å². The number of aliphatic imine (C=N–C) groups is 3. The van der Waals surface area contributed by atoms with Gasteiger partial charge < -0.3 is 5.32 Å². The van der Waals surface area contributed by atoms with Gasteiger partial charge in [-0.05, 0) is 24.1 Å². The topological polar surface area (TPSA) is 121 Å². The highest BCUT2D eigenvalue weighted by Gasteiger charge is 2.21. The molecule has 30 heavy (non-hydrogen) atoms. The Morgan fingerprint density at radius 2 is 2.00 bits per heavy atom. The van der Waals surface area contributed by atoms with Crippen molar-refractivity contribution in [2.24, 2.45) is 20.0 Å². The molecule has 0 saturated carbocycles. The summed E-state index contributed by atoms with van der Waals surface area (Å²) in [5.41, 5.74) is 2.40. The zero-order chi connectivity index (χ0) is 20.8. The second-order valence-corrected chi connectivity index (χ2v) is 6.46. The van der Waals surface area contributed by atoms with Crippen molar-refractivity contribution in [1.29, 1.82) is 0 Å². The van der Waals surface area contributed by atoms with E-state index in [-0.39, 0.29) is 18.2 Å². The molecule has 2 bridgehead atoms. The van der Waals surface area contributed by atoms with E-state index in [9.17, 15) is 9.59 Å². The Balaban J connectivity index is 1.80. The molecule has 0 fully saturated rings. The van der Waals surface area contributed by atoms with Crippen LogP contribution in [-0.4, -0.2) is 40.4 Å². The van der Waals surface area contributed by atoms with Gasteiger partial charge in [0.2, 0.25) is 5.91 Å². The minimum absolute atomic E-state index is 0.249. The first-order valence-corrected chi connectivity index (χ1v) is 9.29. The molecule has 0 radical (unpaired) electrons. The number of aromatic nitrogens is 2. The smallest absolute Gasteiger partial charge is 0.259 e. The van der Waals surface area contributed by atoms with Crippen LogP contribution in [0.1, 0.15) is 19.3 Å². The second kappa shape index (κ2) is 8.91. The van der Waals surface area contributed by atoms with Crippen LogP contribution < -0.4 is 16.0 Å². The van der Waals surface area contributed by atoms with E-state index in [1.807, 2.05) is 18.2 Å². The number of fused-ring (bicyclic) bond motifs is 2. The molecule has 148 valence electrons. The van der Waals surface area contributed by atoms with Gasteiger partial charge in [0.15, 0.2) is 5.49 Å². The number of nitrogens with zero attached hydrogens (tertiary/aromatic N) is 6. The minimum atomic E-state index is -0.319. The van der Waals surface area contributed by atoms with E-state index in [1.165, 1.54) is 31.0 Å². The minimum Gasteiger partial charge on any atom is -0.306 e. The Bertz CT molecular complexity index is 1230. The molecule has 9 heteroatoms. The molecule has 1 aromatic heterocycles. The zero-order valence-electron chi connectivity index (χ0n) is 15.9. The van der Waals surface area contributed by atoms with Crippen molar-refractivity contribution in [2.45, 2.75) is 19.3 Å². The van der Waals surface area contributed by atoms with Crippen molar-refractivity contribution >= 4 is 41.8 Å². The predicted molar refractivity (Wildman–Crippen MR) is 114 cm³/mol. The third-order valence-electron chi connectivity index (χ3n) is 4.34. The maximum Gasteiger partial charge on any atom is 0.259 e. The van der Waals surface area contributed by atoms with Crippen LogP contribution in [0, 0.1) is 0 Å². The normalized spacial score (nSPS) is 18.6. The fraction of sp³-hybridized carbons (Fsp3) is 0.143.